The molecular formula is C19H21ClN2O4S. The molecule has 0 spiro atoms. The van der Waals surface area contributed by atoms with Crippen molar-refractivity contribution in [3.05, 3.63) is 52.3 Å². The van der Waals surface area contributed by atoms with E-state index in [-0.39, 0.29) is 29.8 Å². The summed E-state index contributed by atoms with van der Waals surface area (Å²) in [5.74, 6) is -0.911. The highest BCUT2D eigenvalue weighted by Crippen LogP contribution is 2.15. The summed E-state index contributed by atoms with van der Waals surface area (Å²) in [6.45, 7) is 3.44. The van der Waals surface area contributed by atoms with E-state index in [0.717, 1.165) is 23.1 Å². The number of aryl methyl sites for hydroxylation is 1. The molecule has 1 aromatic heterocycles. The highest BCUT2D eigenvalue weighted by Gasteiger charge is 2.16. The van der Waals surface area contributed by atoms with Crippen LogP contribution in [-0.2, 0) is 21.4 Å². The predicted molar refractivity (Wildman–Crippen MR) is 108 cm³/mol. The smallest absolute Gasteiger partial charge is 0.316 e. The second-order valence-electron chi connectivity index (χ2n) is 5.98. The second-order valence-corrected chi connectivity index (χ2v) is 7.40. The average Bonchev–Trinajstić information content (AvgIpc) is 2.89. The molecule has 2 rings (SSSR count). The number of hydrogen-bond acceptors (Lipinski definition) is 5. The molecule has 0 fully saturated rings. The number of carbonyl (C=O) groups excluding carboxylic acids is 3. The van der Waals surface area contributed by atoms with Crippen LogP contribution in [-0.4, -0.2) is 40.3 Å². The number of Topliss-reactive ketones (excluding diaryl/α,β-unsaturated/α-hetero) is 1. The summed E-state index contributed by atoms with van der Waals surface area (Å²) in [5.41, 5.74) is 2.98. The number of amides is 1. The van der Waals surface area contributed by atoms with Crippen molar-refractivity contribution in [1.82, 2.24) is 4.57 Å². The highest BCUT2D eigenvalue weighted by atomic mass is 35.5. The lowest BCUT2D eigenvalue weighted by atomic mass is 10.1. The fourth-order valence-electron chi connectivity index (χ4n) is 2.36. The van der Waals surface area contributed by atoms with E-state index < -0.39 is 5.97 Å². The van der Waals surface area contributed by atoms with Gasteiger partial charge in [-0.05, 0) is 44.2 Å². The first-order valence-corrected chi connectivity index (χ1v) is 9.76. The molecule has 8 heteroatoms. The van der Waals surface area contributed by atoms with Crippen molar-refractivity contribution in [2.45, 2.75) is 13.8 Å². The van der Waals surface area contributed by atoms with Crippen molar-refractivity contribution >= 4 is 46.7 Å². The van der Waals surface area contributed by atoms with Crippen LogP contribution in [0.15, 0.2) is 30.3 Å². The standard InChI is InChI=1S/C19H21ClN2O4S/c1-12-8-16(13(2)22(12)3)17(23)9-26-19(25)11-27-10-18(24)21-15-6-4-14(20)5-7-15/h4-8H,9-11H2,1-3H3,(H,21,24). The molecule has 0 bridgehead atoms. The second kappa shape index (κ2) is 9.62. The number of rotatable bonds is 8. The summed E-state index contributed by atoms with van der Waals surface area (Å²) in [4.78, 5) is 35.8. The van der Waals surface area contributed by atoms with Crippen molar-refractivity contribution in [2.75, 3.05) is 23.4 Å². The van der Waals surface area contributed by atoms with Crippen LogP contribution < -0.4 is 5.32 Å². The van der Waals surface area contributed by atoms with E-state index in [1.165, 1.54) is 0 Å². The molecule has 1 N–H and O–H groups in total. The van der Waals surface area contributed by atoms with Gasteiger partial charge in [-0.1, -0.05) is 11.6 Å². The predicted octanol–water partition coefficient (Wildman–Crippen LogP) is 3.39. The van der Waals surface area contributed by atoms with Gasteiger partial charge in [-0.25, -0.2) is 0 Å². The molecule has 6 nitrogen and oxygen atoms in total. The fourth-order valence-corrected chi connectivity index (χ4v) is 3.10. The number of esters is 1. The van der Waals surface area contributed by atoms with Crippen molar-refractivity contribution in [1.29, 1.82) is 0 Å². The Morgan fingerprint density at radius 2 is 1.81 bits per heavy atom. The van der Waals surface area contributed by atoms with E-state index in [1.54, 1.807) is 30.3 Å². The van der Waals surface area contributed by atoms with Crippen LogP contribution in [0.5, 0.6) is 0 Å². The number of halogens is 1. The molecule has 0 aliphatic rings. The van der Waals surface area contributed by atoms with Crippen molar-refractivity contribution < 1.29 is 19.1 Å². The van der Waals surface area contributed by atoms with Crippen molar-refractivity contribution in [3.8, 4) is 0 Å². The van der Waals surface area contributed by atoms with Crippen LogP contribution >= 0.6 is 23.4 Å². The number of aromatic nitrogens is 1. The Kier molecular flexibility index (Phi) is 7.50. The highest BCUT2D eigenvalue weighted by molar-refractivity contribution is 8.00. The van der Waals surface area contributed by atoms with Crippen molar-refractivity contribution in [3.63, 3.8) is 0 Å². The Morgan fingerprint density at radius 1 is 1.15 bits per heavy atom. The molecule has 0 atom stereocenters. The number of nitrogens with one attached hydrogen (secondary N) is 1. The lowest BCUT2D eigenvalue weighted by Crippen LogP contribution is -2.18. The molecule has 0 radical (unpaired) electrons. The van der Waals surface area contributed by atoms with Crippen LogP contribution in [0, 0.1) is 13.8 Å². The molecule has 1 amide bonds. The van der Waals surface area contributed by atoms with Crippen LogP contribution in [0.25, 0.3) is 0 Å². The van der Waals surface area contributed by atoms with E-state index in [4.69, 9.17) is 16.3 Å². The number of ketones is 1. The topological polar surface area (TPSA) is 77.4 Å². The van der Waals surface area contributed by atoms with Gasteiger partial charge in [-0.15, -0.1) is 11.8 Å². The molecule has 1 heterocycles. The van der Waals surface area contributed by atoms with Gasteiger partial charge in [0.05, 0.1) is 11.5 Å². The summed E-state index contributed by atoms with van der Waals surface area (Å²) in [6, 6.07) is 8.51. The zero-order valence-electron chi connectivity index (χ0n) is 15.4. The summed E-state index contributed by atoms with van der Waals surface area (Å²) in [7, 11) is 1.87. The quantitative estimate of drug-likeness (QED) is 0.535. The summed E-state index contributed by atoms with van der Waals surface area (Å²) in [6.07, 6.45) is 0. The third kappa shape index (κ3) is 6.15. The normalized spacial score (nSPS) is 10.5. The summed E-state index contributed by atoms with van der Waals surface area (Å²) < 4.78 is 6.92. The number of ether oxygens (including phenoxy) is 1. The number of thioether (sulfide) groups is 1. The minimum atomic E-state index is -0.530. The molecule has 0 unspecified atom stereocenters. The molecule has 0 aliphatic carbocycles. The van der Waals surface area contributed by atoms with Gasteiger partial charge in [0.15, 0.2) is 6.61 Å². The first kappa shape index (κ1) is 21.1. The largest absolute Gasteiger partial charge is 0.457 e. The van der Waals surface area contributed by atoms with Gasteiger partial charge >= 0.3 is 5.97 Å². The van der Waals surface area contributed by atoms with E-state index in [0.29, 0.717) is 16.3 Å². The SMILES string of the molecule is Cc1cc(C(=O)COC(=O)CSCC(=O)Nc2ccc(Cl)cc2)c(C)n1C. The summed E-state index contributed by atoms with van der Waals surface area (Å²) >= 11 is 6.90. The van der Waals surface area contributed by atoms with Gasteiger partial charge < -0.3 is 14.6 Å². The Morgan fingerprint density at radius 3 is 2.41 bits per heavy atom. The first-order valence-electron chi connectivity index (χ1n) is 8.23. The fraction of sp³-hybridized carbons (Fsp3) is 0.316. The van der Waals surface area contributed by atoms with Gasteiger partial charge in [-0.3, -0.25) is 14.4 Å². The number of hydrogen-bond donors (Lipinski definition) is 1. The third-order valence-electron chi connectivity index (χ3n) is 4.02. The van der Waals surface area contributed by atoms with Gasteiger partial charge in [-0.2, -0.15) is 0 Å². The third-order valence-corrected chi connectivity index (χ3v) is 5.18. The Bertz CT molecular complexity index is 846. The Balaban J connectivity index is 1.70. The zero-order valence-corrected chi connectivity index (χ0v) is 16.9. The molecule has 27 heavy (non-hydrogen) atoms. The lowest BCUT2D eigenvalue weighted by Gasteiger charge is -2.06. The molecular weight excluding hydrogens is 388 g/mol. The summed E-state index contributed by atoms with van der Waals surface area (Å²) in [5, 5.41) is 3.29. The molecule has 0 saturated carbocycles. The minimum Gasteiger partial charge on any atom is -0.457 e. The van der Waals surface area contributed by atoms with Crippen molar-refractivity contribution in [2.24, 2.45) is 7.05 Å². The van der Waals surface area contributed by atoms with Gasteiger partial charge in [0.2, 0.25) is 11.7 Å². The van der Waals surface area contributed by atoms with E-state index in [9.17, 15) is 14.4 Å². The number of carbonyl (C=O) groups is 3. The Labute approximate surface area is 167 Å². The maximum atomic E-state index is 12.2. The number of anilines is 1. The number of benzene rings is 1. The van der Waals surface area contributed by atoms with Gasteiger partial charge in [0, 0.05) is 34.7 Å². The van der Waals surface area contributed by atoms with E-state index >= 15 is 0 Å². The minimum absolute atomic E-state index is 0.00584. The maximum Gasteiger partial charge on any atom is 0.316 e. The first-order chi connectivity index (χ1) is 12.8. The monoisotopic (exact) mass is 408 g/mol. The maximum absolute atomic E-state index is 12.2. The zero-order chi connectivity index (χ0) is 20.0. The van der Waals surface area contributed by atoms with E-state index in [2.05, 4.69) is 5.32 Å². The number of nitrogens with zero attached hydrogens (tertiary/aromatic N) is 1. The van der Waals surface area contributed by atoms with Gasteiger partial charge in [0.1, 0.15) is 0 Å². The molecule has 0 saturated heterocycles. The van der Waals surface area contributed by atoms with Gasteiger partial charge in [0.25, 0.3) is 0 Å². The van der Waals surface area contributed by atoms with Crippen LogP contribution in [0.4, 0.5) is 5.69 Å². The molecule has 2 aromatic rings. The Hall–Kier alpha value is -2.25. The molecule has 144 valence electrons. The van der Waals surface area contributed by atoms with E-state index in [1.807, 2.05) is 25.5 Å². The van der Waals surface area contributed by atoms with Crippen LogP contribution in [0.1, 0.15) is 21.7 Å². The van der Waals surface area contributed by atoms with Crippen LogP contribution in [0.2, 0.25) is 5.02 Å². The van der Waals surface area contributed by atoms with Crippen LogP contribution in [0.3, 0.4) is 0 Å². The molecule has 1 aromatic carbocycles. The lowest BCUT2D eigenvalue weighted by molar-refractivity contribution is -0.139. The molecule has 0 aliphatic heterocycles. The average molecular weight is 409 g/mol.